The third kappa shape index (κ3) is 1.82. The first-order valence-electron chi connectivity index (χ1n) is 5.44. The summed E-state index contributed by atoms with van der Waals surface area (Å²) in [6.45, 7) is 0.760. The van der Waals surface area contributed by atoms with Crippen LogP contribution in [0.3, 0.4) is 0 Å². The first-order chi connectivity index (χ1) is 8.36. The molecule has 1 amide bonds. The minimum atomic E-state index is -0.144. The zero-order chi connectivity index (χ0) is 11.7. The number of nitrogens with one attached hydrogen (secondary N) is 1. The van der Waals surface area contributed by atoms with Crippen molar-refractivity contribution in [3.63, 3.8) is 0 Å². The molecule has 2 aromatic heterocycles. The van der Waals surface area contributed by atoms with Crippen LogP contribution in [0.4, 0.5) is 0 Å². The largest absolute Gasteiger partial charge is 0.328 e. The van der Waals surface area contributed by atoms with Gasteiger partial charge in [0.05, 0.1) is 6.04 Å². The Kier molecular flexibility index (Phi) is 2.60. The standard InChI is InChI=1S/C10H11N5OS/c16-10(9-11-13-14-12-9)15-5-1-3-7(15)8-4-2-6-17-8/h2,4,6-7H,1,3,5H2,(H,11,12,13,14). The number of thiophene rings is 1. The van der Waals surface area contributed by atoms with E-state index in [9.17, 15) is 4.79 Å². The Morgan fingerprint density at radius 2 is 2.53 bits per heavy atom. The molecule has 3 heterocycles. The highest BCUT2D eigenvalue weighted by Crippen LogP contribution is 2.34. The van der Waals surface area contributed by atoms with Crippen LogP contribution in [0.15, 0.2) is 17.5 Å². The van der Waals surface area contributed by atoms with Gasteiger partial charge in [-0.1, -0.05) is 6.07 Å². The van der Waals surface area contributed by atoms with Crippen LogP contribution in [-0.2, 0) is 0 Å². The van der Waals surface area contributed by atoms with Gasteiger partial charge in [0.15, 0.2) is 0 Å². The van der Waals surface area contributed by atoms with Crippen LogP contribution in [0.2, 0.25) is 0 Å². The van der Waals surface area contributed by atoms with Gasteiger partial charge in [0.25, 0.3) is 11.7 Å². The summed E-state index contributed by atoms with van der Waals surface area (Å²) < 4.78 is 0. The lowest BCUT2D eigenvalue weighted by Crippen LogP contribution is -2.31. The highest BCUT2D eigenvalue weighted by Gasteiger charge is 2.32. The van der Waals surface area contributed by atoms with Crippen molar-refractivity contribution in [1.29, 1.82) is 0 Å². The van der Waals surface area contributed by atoms with Gasteiger partial charge in [-0.2, -0.15) is 5.21 Å². The van der Waals surface area contributed by atoms with Gasteiger partial charge in [0.2, 0.25) is 0 Å². The minimum Gasteiger partial charge on any atom is -0.328 e. The Bertz CT molecular complexity index is 495. The molecular formula is C10H11N5OS. The molecule has 0 radical (unpaired) electrons. The second kappa shape index (κ2) is 4.25. The molecule has 1 N–H and O–H groups in total. The molecule has 3 rings (SSSR count). The first-order valence-corrected chi connectivity index (χ1v) is 6.32. The SMILES string of the molecule is O=C(c1nn[nH]n1)N1CCCC1c1cccs1. The van der Waals surface area contributed by atoms with E-state index in [0.29, 0.717) is 0 Å². The summed E-state index contributed by atoms with van der Waals surface area (Å²) >= 11 is 1.68. The number of aromatic amines is 1. The predicted molar refractivity (Wildman–Crippen MR) is 61.5 cm³/mol. The number of H-pyrrole nitrogens is 1. The number of carbonyl (C=O) groups is 1. The summed E-state index contributed by atoms with van der Waals surface area (Å²) in [5.74, 6) is 0.00288. The molecule has 7 heteroatoms. The Morgan fingerprint density at radius 1 is 1.59 bits per heavy atom. The molecule has 2 aromatic rings. The fraction of sp³-hybridized carbons (Fsp3) is 0.400. The van der Waals surface area contributed by atoms with E-state index in [-0.39, 0.29) is 17.8 Å². The number of hydrogen-bond acceptors (Lipinski definition) is 5. The fourth-order valence-corrected chi connectivity index (χ4v) is 3.04. The zero-order valence-corrected chi connectivity index (χ0v) is 9.85. The summed E-state index contributed by atoms with van der Waals surface area (Å²) in [5, 5.41) is 15.2. The van der Waals surface area contributed by atoms with Crippen LogP contribution in [0.5, 0.6) is 0 Å². The molecule has 1 aliphatic rings. The van der Waals surface area contributed by atoms with Gasteiger partial charge < -0.3 is 4.90 Å². The molecule has 0 bridgehead atoms. The quantitative estimate of drug-likeness (QED) is 0.868. The molecule has 17 heavy (non-hydrogen) atoms. The second-order valence-corrected chi connectivity index (χ2v) is 4.89. The Hall–Kier alpha value is -1.76. The summed E-state index contributed by atoms with van der Waals surface area (Å²) in [7, 11) is 0. The summed E-state index contributed by atoms with van der Waals surface area (Å²) in [4.78, 5) is 15.2. The van der Waals surface area contributed by atoms with E-state index >= 15 is 0 Å². The van der Waals surface area contributed by atoms with Gasteiger partial charge in [-0.25, -0.2) is 0 Å². The first kappa shape index (κ1) is 10.4. The third-order valence-electron chi connectivity index (χ3n) is 2.92. The fourth-order valence-electron chi connectivity index (χ4n) is 2.17. The number of likely N-dealkylation sites (tertiary alicyclic amines) is 1. The van der Waals surface area contributed by atoms with Crippen molar-refractivity contribution in [3.8, 4) is 0 Å². The maximum absolute atomic E-state index is 12.2. The van der Waals surface area contributed by atoms with Crippen molar-refractivity contribution in [2.75, 3.05) is 6.54 Å². The van der Waals surface area contributed by atoms with Gasteiger partial charge in [-0.3, -0.25) is 4.79 Å². The van der Waals surface area contributed by atoms with E-state index in [4.69, 9.17) is 0 Å². The monoisotopic (exact) mass is 249 g/mol. The molecule has 88 valence electrons. The molecule has 0 spiro atoms. The molecule has 0 saturated carbocycles. The van der Waals surface area contributed by atoms with E-state index in [2.05, 4.69) is 26.7 Å². The highest BCUT2D eigenvalue weighted by atomic mass is 32.1. The van der Waals surface area contributed by atoms with Crippen LogP contribution in [-0.4, -0.2) is 38.0 Å². The summed E-state index contributed by atoms with van der Waals surface area (Å²) in [5.41, 5.74) is 0. The van der Waals surface area contributed by atoms with E-state index in [0.717, 1.165) is 19.4 Å². The molecule has 1 unspecified atom stereocenters. The topological polar surface area (TPSA) is 74.8 Å². The number of rotatable bonds is 2. The smallest absolute Gasteiger partial charge is 0.296 e. The number of hydrogen-bond donors (Lipinski definition) is 1. The normalized spacial score (nSPS) is 19.8. The number of carbonyl (C=O) groups excluding carboxylic acids is 1. The number of tetrazole rings is 1. The molecule has 6 nitrogen and oxygen atoms in total. The average molecular weight is 249 g/mol. The van der Waals surface area contributed by atoms with Gasteiger partial charge in [-0.15, -0.1) is 21.5 Å². The van der Waals surface area contributed by atoms with Crippen LogP contribution >= 0.6 is 11.3 Å². The van der Waals surface area contributed by atoms with Crippen molar-refractivity contribution >= 4 is 17.2 Å². The highest BCUT2D eigenvalue weighted by molar-refractivity contribution is 7.10. The van der Waals surface area contributed by atoms with Gasteiger partial charge in [0, 0.05) is 11.4 Å². The van der Waals surface area contributed by atoms with E-state index in [1.54, 1.807) is 11.3 Å². The van der Waals surface area contributed by atoms with Crippen LogP contribution in [0.25, 0.3) is 0 Å². The van der Waals surface area contributed by atoms with Crippen LogP contribution in [0, 0.1) is 0 Å². The van der Waals surface area contributed by atoms with Crippen molar-refractivity contribution in [2.24, 2.45) is 0 Å². The molecule has 0 aliphatic carbocycles. The summed E-state index contributed by atoms with van der Waals surface area (Å²) in [6.07, 6.45) is 2.02. The van der Waals surface area contributed by atoms with E-state index < -0.39 is 0 Å². The van der Waals surface area contributed by atoms with E-state index in [1.807, 2.05) is 16.3 Å². The number of amides is 1. The zero-order valence-electron chi connectivity index (χ0n) is 9.04. The lowest BCUT2D eigenvalue weighted by atomic mass is 10.2. The van der Waals surface area contributed by atoms with Crippen molar-refractivity contribution < 1.29 is 4.79 Å². The van der Waals surface area contributed by atoms with Crippen molar-refractivity contribution in [3.05, 3.63) is 28.2 Å². The van der Waals surface area contributed by atoms with Crippen molar-refractivity contribution in [1.82, 2.24) is 25.5 Å². The third-order valence-corrected chi connectivity index (χ3v) is 3.90. The predicted octanol–water partition coefficient (Wildman–Crippen LogP) is 1.24. The molecular weight excluding hydrogens is 238 g/mol. The summed E-state index contributed by atoms with van der Waals surface area (Å²) in [6, 6.07) is 4.24. The lowest BCUT2D eigenvalue weighted by Gasteiger charge is -2.22. The number of aromatic nitrogens is 4. The number of nitrogens with zero attached hydrogens (tertiary/aromatic N) is 4. The second-order valence-electron chi connectivity index (χ2n) is 3.91. The Labute approximate surface area is 102 Å². The average Bonchev–Trinajstić information content (AvgIpc) is 3.09. The van der Waals surface area contributed by atoms with Crippen LogP contribution in [0.1, 0.15) is 34.4 Å². The Balaban J connectivity index is 1.85. The van der Waals surface area contributed by atoms with Gasteiger partial charge in [0.1, 0.15) is 0 Å². The molecule has 1 saturated heterocycles. The van der Waals surface area contributed by atoms with Gasteiger partial charge >= 0.3 is 0 Å². The molecule has 1 aliphatic heterocycles. The van der Waals surface area contributed by atoms with Gasteiger partial charge in [-0.05, 0) is 29.5 Å². The molecule has 1 fully saturated rings. The van der Waals surface area contributed by atoms with E-state index in [1.165, 1.54) is 4.88 Å². The van der Waals surface area contributed by atoms with Crippen LogP contribution < -0.4 is 0 Å². The Morgan fingerprint density at radius 3 is 3.24 bits per heavy atom. The lowest BCUT2D eigenvalue weighted by molar-refractivity contribution is 0.0725. The molecule has 1 atom stereocenters. The maximum atomic E-state index is 12.2. The molecule has 0 aromatic carbocycles. The van der Waals surface area contributed by atoms with Crippen molar-refractivity contribution in [2.45, 2.75) is 18.9 Å². The minimum absolute atomic E-state index is 0.144. The maximum Gasteiger partial charge on any atom is 0.296 e.